The third-order valence-corrected chi connectivity index (χ3v) is 5.26. The summed E-state index contributed by atoms with van der Waals surface area (Å²) >= 11 is 0. The van der Waals surface area contributed by atoms with Crippen LogP contribution in [0.1, 0.15) is 27.4 Å². The molecule has 4 heteroatoms. The van der Waals surface area contributed by atoms with Crippen LogP contribution in [0.5, 0.6) is 0 Å². The molecule has 30 heavy (non-hydrogen) atoms. The third kappa shape index (κ3) is 4.08. The van der Waals surface area contributed by atoms with Crippen molar-refractivity contribution in [3.05, 3.63) is 120 Å². The van der Waals surface area contributed by atoms with Crippen LogP contribution in [-0.4, -0.2) is 17.9 Å². The molecule has 0 unspecified atom stereocenters. The Morgan fingerprint density at radius 3 is 1.77 bits per heavy atom. The fourth-order valence-electron chi connectivity index (χ4n) is 3.77. The lowest BCUT2D eigenvalue weighted by atomic mass is 9.84. The van der Waals surface area contributed by atoms with Crippen molar-refractivity contribution in [3.8, 4) is 0 Å². The highest BCUT2D eigenvalue weighted by atomic mass is 16.2. The number of nitrogens with one attached hydrogen (secondary N) is 1. The molecule has 0 bridgehead atoms. The average Bonchev–Trinajstić information content (AvgIpc) is 2.79. The molecule has 148 valence electrons. The van der Waals surface area contributed by atoms with Gasteiger partial charge in [-0.1, -0.05) is 91.0 Å². The second kappa shape index (κ2) is 8.62. The Labute approximate surface area is 175 Å². The number of carbonyl (C=O) groups excluding carboxylic acids is 2. The summed E-state index contributed by atoms with van der Waals surface area (Å²) < 4.78 is 0. The predicted molar refractivity (Wildman–Crippen MR) is 119 cm³/mol. The van der Waals surface area contributed by atoms with Crippen LogP contribution >= 0.6 is 0 Å². The maximum atomic E-state index is 13.1. The highest BCUT2D eigenvalue weighted by Gasteiger charge is 2.31. The zero-order chi connectivity index (χ0) is 20.9. The molecule has 0 saturated carbocycles. The second-order valence-corrected chi connectivity index (χ2v) is 7.21. The number of hydrogen-bond acceptors (Lipinski definition) is 2. The Balaban J connectivity index is 1.70. The number of primary amides is 1. The molecule has 3 N–H and O–H groups in total. The number of hydrogen-bond donors (Lipinski definition) is 2. The maximum absolute atomic E-state index is 13.1. The molecule has 0 spiro atoms. The SMILES string of the molecule is NC(=O)[C@@H](NC(=O)c1ccc2ccccc2c1)C(c1ccccc1)c1ccccc1. The average molecular weight is 394 g/mol. The van der Waals surface area contributed by atoms with E-state index in [0.29, 0.717) is 5.56 Å². The van der Waals surface area contributed by atoms with E-state index in [-0.39, 0.29) is 5.91 Å². The lowest BCUT2D eigenvalue weighted by molar-refractivity contribution is -0.120. The fraction of sp³-hybridized carbons (Fsp3) is 0.0769. The van der Waals surface area contributed by atoms with Crippen molar-refractivity contribution in [2.24, 2.45) is 5.73 Å². The van der Waals surface area contributed by atoms with E-state index in [1.54, 1.807) is 6.07 Å². The lowest BCUT2D eigenvalue weighted by Gasteiger charge is -2.27. The van der Waals surface area contributed by atoms with Crippen LogP contribution < -0.4 is 11.1 Å². The van der Waals surface area contributed by atoms with Crippen LogP contribution in [-0.2, 0) is 4.79 Å². The third-order valence-electron chi connectivity index (χ3n) is 5.26. The molecule has 0 heterocycles. The van der Waals surface area contributed by atoms with Crippen LogP contribution in [0.4, 0.5) is 0 Å². The van der Waals surface area contributed by atoms with Crippen molar-refractivity contribution >= 4 is 22.6 Å². The maximum Gasteiger partial charge on any atom is 0.251 e. The Hall–Kier alpha value is -3.92. The lowest BCUT2D eigenvalue weighted by Crippen LogP contribution is -2.48. The van der Waals surface area contributed by atoms with Gasteiger partial charge in [-0.25, -0.2) is 0 Å². The van der Waals surface area contributed by atoms with Crippen LogP contribution in [0.3, 0.4) is 0 Å². The number of fused-ring (bicyclic) bond motifs is 1. The van der Waals surface area contributed by atoms with E-state index in [1.807, 2.05) is 97.1 Å². The number of nitrogens with two attached hydrogens (primary N) is 1. The molecule has 0 saturated heterocycles. The first-order chi connectivity index (χ1) is 14.6. The van der Waals surface area contributed by atoms with Gasteiger partial charge in [-0.15, -0.1) is 0 Å². The normalized spacial score (nSPS) is 11.9. The van der Waals surface area contributed by atoms with Gasteiger partial charge in [0.1, 0.15) is 6.04 Å². The summed E-state index contributed by atoms with van der Waals surface area (Å²) in [6.07, 6.45) is 0. The van der Waals surface area contributed by atoms with Gasteiger partial charge in [-0.2, -0.15) is 0 Å². The molecule has 0 radical (unpaired) electrons. The van der Waals surface area contributed by atoms with Crippen molar-refractivity contribution < 1.29 is 9.59 Å². The number of benzene rings is 4. The number of amides is 2. The van der Waals surface area contributed by atoms with E-state index in [4.69, 9.17) is 5.73 Å². The minimum atomic E-state index is -0.895. The highest BCUT2D eigenvalue weighted by Crippen LogP contribution is 2.28. The second-order valence-electron chi connectivity index (χ2n) is 7.21. The van der Waals surface area contributed by atoms with E-state index in [9.17, 15) is 9.59 Å². The van der Waals surface area contributed by atoms with E-state index in [0.717, 1.165) is 21.9 Å². The summed E-state index contributed by atoms with van der Waals surface area (Å²) in [6, 6.07) is 31.6. The quantitative estimate of drug-likeness (QED) is 0.513. The molecule has 2 amide bonds. The summed E-state index contributed by atoms with van der Waals surface area (Å²) in [6.45, 7) is 0. The topological polar surface area (TPSA) is 72.2 Å². The van der Waals surface area contributed by atoms with Gasteiger partial charge in [0.25, 0.3) is 5.91 Å². The van der Waals surface area contributed by atoms with Gasteiger partial charge in [-0.3, -0.25) is 9.59 Å². The summed E-state index contributed by atoms with van der Waals surface area (Å²) in [5.41, 5.74) is 8.08. The first kappa shape index (κ1) is 19.4. The molecule has 4 aromatic rings. The highest BCUT2D eigenvalue weighted by molar-refractivity contribution is 6.00. The monoisotopic (exact) mass is 394 g/mol. The molecular formula is C26H22N2O2. The van der Waals surface area contributed by atoms with Crippen LogP contribution in [0, 0.1) is 0 Å². The van der Waals surface area contributed by atoms with Gasteiger partial charge in [-0.05, 0) is 34.0 Å². The fourth-order valence-corrected chi connectivity index (χ4v) is 3.77. The van der Waals surface area contributed by atoms with E-state index < -0.39 is 17.9 Å². The van der Waals surface area contributed by atoms with Crippen molar-refractivity contribution in [2.75, 3.05) is 0 Å². The molecular weight excluding hydrogens is 372 g/mol. The molecule has 0 aliphatic rings. The van der Waals surface area contributed by atoms with E-state index >= 15 is 0 Å². The Kier molecular flexibility index (Phi) is 5.57. The van der Waals surface area contributed by atoms with Crippen LogP contribution in [0.25, 0.3) is 10.8 Å². The van der Waals surface area contributed by atoms with E-state index in [2.05, 4.69) is 5.32 Å². The van der Waals surface area contributed by atoms with Gasteiger partial charge in [0.15, 0.2) is 0 Å². The Bertz CT molecular complexity index is 1130. The van der Waals surface area contributed by atoms with Gasteiger partial charge >= 0.3 is 0 Å². The molecule has 0 aliphatic heterocycles. The summed E-state index contributed by atoms with van der Waals surface area (Å²) in [5.74, 6) is -1.31. The van der Waals surface area contributed by atoms with Crippen molar-refractivity contribution in [1.29, 1.82) is 0 Å². The molecule has 1 atom stereocenters. The summed E-state index contributed by atoms with van der Waals surface area (Å²) in [4.78, 5) is 25.5. The van der Waals surface area contributed by atoms with Gasteiger partial charge in [0, 0.05) is 11.5 Å². The Morgan fingerprint density at radius 1 is 0.667 bits per heavy atom. The van der Waals surface area contributed by atoms with Crippen molar-refractivity contribution in [3.63, 3.8) is 0 Å². The molecule has 0 fully saturated rings. The van der Waals surface area contributed by atoms with E-state index in [1.165, 1.54) is 0 Å². The van der Waals surface area contributed by atoms with Crippen LogP contribution in [0.15, 0.2) is 103 Å². The minimum absolute atomic E-state index is 0.332. The smallest absolute Gasteiger partial charge is 0.251 e. The standard InChI is InChI=1S/C26H22N2O2/c27-25(29)24(23(19-10-3-1-4-11-19)20-12-5-2-6-13-20)28-26(30)22-16-15-18-9-7-8-14-21(18)17-22/h1-17,23-24H,(H2,27,29)(H,28,30)/t24-/m0/s1. The number of carbonyl (C=O) groups is 2. The first-order valence-corrected chi connectivity index (χ1v) is 9.82. The predicted octanol–water partition coefficient (Wildman–Crippen LogP) is 4.26. The minimum Gasteiger partial charge on any atom is -0.368 e. The zero-order valence-corrected chi connectivity index (χ0v) is 16.4. The summed E-state index contributed by atoms with van der Waals surface area (Å²) in [5, 5.41) is 4.89. The zero-order valence-electron chi connectivity index (χ0n) is 16.4. The van der Waals surface area contributed by atoms with Crippen molar-refractivity contribution in [1.82, 2.24) is 5.32 Å². The largest absolute Gasteiger partial charge is 0.368 e. The first-order valence-electron chi connectivity index (χ1n) is 9.82. The van der Waals surface area contributed by atoms with Crippen LogP contribution in [0.2, 0.25) is 0 Å². The number of rotatable bonds is 6. The summed E-state index contributed by atoms with van der Waals surface area (Å²) in [7, 11) is 0. The molecule has 4 nitrogen and oxygen atoms in total. The molecule has 0 aliphatic carbocycles. The van der Waals surface area contributed by atoms with Crippen molar-refractivity contribution in [2.45, 2.75) is 12.0 Å². The molecule has 0 aromatic heterocycles. The van der Waals surface area contributed by atoms with Gasteiger partial charge in [0.2, 0.25) is 5.91 Å². The Morgan fingerprint density at radius 2 is 1.20 bits per heavy atom. The van der Waals surface area contributed by atoms with Gasteiger partial charge in [0.05, 0.1) is 0 Å². The van der Waals surface area contributed by atoms with Gasteiger partial charge < -0.3 is 11.1 Å². The molecule has 4 aromatic carbocycles. The molecule has 4 rings (SSSR count).